The van der Waals surface area contributed by atoms with Crippen LogP contribution < -0.4 is 18.9 Å². The number of benzene rings is 3. The Bertz CT molecular complexity index is 1080. The molecule has 0 bridgehead atoms. The van der Waals surface area contributed by atoms with Gasteiger partial charge in [-0.3, -0.25) is 4.79 Å². The van der Waals surface area contributed by atoms with Crippen molar-refractivity contribution in [2.75, 3.05) is 34.5 Å². The van der Waals surface area contributed by atoms with Crippen molar-refractivity contribution in [3.63, 3.8) is 0 Å². The summed E-state index contributed by atoms with van der Waals surface area (Å²) in [6.07, 6.45) is 1.09. The van der Waals surface area contributed by atoms with E-state index in [4.69, 9.17) is 18.9 Å². The zero-order chi connectivity index (χ0) is 23.2. The van der Waals surface area contributed by atoms with Crippen LogP contribution in [-0.4, -0.2) is 45.3 Å². The fourth-order valence-corrected chi connectivity index (χ4v) is 4.23. The van der Waals surface area contributed by atoms with Crippen LogP contribution in [0.3, 0.4) is 0 Å². The number of nitrogens with zero attached hydrogens (tertiary/aromatic N) is 1. The van der Waals surface area contributed by atoms with Gasteiger partial charge in [-0.05, 0) is 59.5 Å². The number of amides is 1. The molecule has 0 spiro atoms. The number of hydrogen-bond donors (Lipinski definition) is 0. The molecule has 0 N–H and O–H groups in total. The molecular weight excluding hydrogens is 418 g/mol. The van der Waals surface area contributed by atoms with Crippen LogP contribution in [0.25, 0.3) is 0 Å². The Morgan fingerprint density at radius 2 is 1.55 bits per heavy atom. The highest BCUT2D eigenvalue weighted by Crippen LogP contribution is 2.38. The lowest BCUT2D eigenvalue weighted by Gasteiger charge is -2.37. The van der Waals surface area contributed by atoms with E-state index < -0.39 is 0 Å². The summed E-state index contributed by atoms with van der Waals surface area (Å²) in [5.74, 6) is 2.89. The Hall–Kier alpha value is -3.67. The van der Waals surface area contributed by atoms with Gasteiger partial charge in [0.25, 0.3) is 0 Å². The Morgan fingerprint density at radius 3 is 2.21 bits per heavy atom. The fourth-order valence-electron chi connectivity index (χ4n) is 4.23. The summed E-state index contributed by atoms with van der Waals surface area (Å²) >= 11 is 0. The van der Waals surface area contributed by atoms with Gasteiger partial charge in [-0.15, -0.1) is 0 Å². The summed E-state index contributed by atoms with van der Waals surface area (Å²) in [7, 11) is 4.88. The second-order valence-corrected chi connectivity index (χ2v) is 7.91. The van der Waals surface area contributed by atoms with Gasteiger partial charge in [-0.1, -0.05) is 30.3 Å². The predicted molar refractivity (Wildman–Crippen MR) is 126 cm³/mol. The molecule has 4 rings (SSSR count). The summed E-state index contributed by atoms with van der Waals surface area (Å²) in [5, 5.41) is 0. The standard InChI is InChI=1S/C27H29NO5/c1-30-21-9-11-22(12-10-21)33-18-24-23-17-26(32-3)25(31-2)16-20(23)13-14-28(24)27(29)15-19-7-5-4-6-8-19/h4-12,16-17,24H,13-15,18H2,1-3H3. The summed E-state index contributed by atoms with van der Waals surface area (Å²) < 4.78 is 22.4. The summed E-state index contributed by atoms with van der Waals surface area (Å²) in [5.41, 5.74) is 3.16. The van der Waals surface area contributed by atoms with E-state index in [1.54, 1.807) is 21.3 Å². The van der Waals surface area contributed by atoms with Gasteiger partial charge in [0.2, 0.25) is 5.91 Å². The van der Waals surface area contributed by atoms with Crippen molar-refractivity contribution < 1.29 is 23.7 Å². The minimum absolute atomic E-state index is 0.0740. The molecule has 0 fully saturated rings. The largest absolute Gasteiger partial charge is 0.497 e. The topological polar surface area (TPSA) is 57.2 Å². The molecule has 1 heterocycles. The van der Waals surface area contributed by atoms with Gasteiger partial charge < -0.3 is 23.8 Å². The van der Waals surface area contributed by atoms with E-state index in [0.29, 0.717) is 31.1 Å². The molecule has 3 aromatic rings. The number of carbonyl (C=O) groups excluding carboxylic acids is 1. The third-order valence-electron chi connectivity index (χ3n) is 5.99. The van der Waals surface area contributed by atoms with Crippen LogP contribution in [0.1, 0.15) is 22.7 Å². The lowest BCUT2D eigenvalue weighted by molar-refractivity contribution is -0.134. The molecule has 0 aliphatic carbocycles. The van der Waals surface area contributed by atoms with Crippen molar-refractivity contribution in [3.05, 3.63) is 83.4 Å². The highest BCUT2D eigenvalue weighted by Gasteiger charge is 2.32. The van der Waals surface area contributed by atoms with E-state index in [0.717, 1.165) is 34.6 Å². The third-order valence-corrected chi connectivity index (χ3v) is 5.99. The van der Waals surface area contributed by atoms with Crippen LogP contribution in [-0.2, 0) is 17.6 Å². The van der Waals surface area contributed by atoms with Crippen LogP contribution in [0, 0.1) is 0 Å². The molecule has 1 amide bonds. The van der Waals surface area contributed by atoms with Gasteiger partial charge in [-0.25, -0.2) is 0 Å². The number of rotatable bonds is 8. The van der Waals surface area contributed by atoms with Crippen molar-refractivity contribution >= 4 is 5.91 Å². The van der Waals surface area contributed by atoms with Crippen LogP contribution in [0.15, 0.2) is 66.7 Å². The van der Waals surface area contributed by atoms with E-state index in [-0.39, 0.29) is 11.9 Å². The first kappa shape index (κ1) is 22.5. The fraction of sp³-hybridized carbons (Fsp3) is 0.296. The van der Waals surface area contributed by atoms with Crippen LogP contribution in [0.2, 0.25) is 0 Å². The Kier molecular flexibility index (Phi) is 7.03. The predicted octanol–water partition coefficient (Wildman–Crippen LogP) is 4.46. The maximum absolute atomic E-state index is 13.4. The number of hydrogen-bond acceptors (Lipinski definition) is 5. The monoisotopic (exact) mass is 447 g/mol. The molecule has 1 aliphatic heterocycles. The first-order chi connectivity index (χ1) is 16.1. The number of fused-ring (bicyclic) bond motifs is 1. The van der Waals surface area contributed by atoms with Crippen molar-refractivity contribution in [2.45, 2.75) is 18.9 Å². The molecule has 172 valence electrons. The van der Waals surface area contributed by atoms with E-state index in [1.165, 1.54) is 0 Å². The summed E-state index contributed by atoms with van der Waals surface area (Å²) in [6, 6.07) is 21.0. The highest BCUT2D eigenvalue weighted by molar-refractivity contribution is 5.79. The average Bonchev–Trinajstić information content (AvgIpc) is 2.87. The first-order valence-electron chi connectivity index (χ1n) is 11.0. The molecule has 0 saturated carbocycles. The van der Waals surface area contributed by atoms with Crippen LogP contribution >= 0.6 is 0 Å². The highest BCUT2D eigenvalue weighted by atomic mass is 16.5. The Morgan fingerprint density at radius 1 is 0.879 bits per heavy atom. The molecule has 1 aliphatic rings. The zero-order valence-corrected chi connectivity index (χ0v) is 19.2. The minimum atomic E-state index is -0.244. The van der Waals surface area contributed by atoms with Gasteiger partial charge in [-0.2, -0.15) is 0 Å². The van der Waals surface area contributed by atoms with E-state index in [1.807, 2.05) is 71.6 Å². The lowest BCUT2D eigenvalue weighted by atomic mass is 9.91. The first-order valence-corrected chi connectivity index (χ1v) is 11.0. The zero-order valence-electron chi connectivity index (χ0n) is 19.2. The molecule has 1 atom stereocenters. The van der Waals surface area contributed by atoms with Gasteiger partial charge >= 0.3 is 0 Å². The quantitative estimate of drug-likeness (QED) is 0.510. The van der Waals surface area contributed by atoms with E-state index >= 15 is 0 Å². The molecule has 33 heavy (non-hydrogen) atoms. The molecular formula is C27H29NO5. The van der Waals surface area contributed by atoms with Gasteiger partial charge in [0.05, 0.1) is 33.8 Å². The van der Waals surface area contributed by atoms with Crippen molar-refractivity contribution in [2.24, 2.45) is 0 Å². The molecule has 0 radical (unpaired) electrons. The Balaban J connectivity index is 1.63. The van der Waals surface area contributed by atoms with E-state index in [9.17, 15) is 4.79 Å². The van der Waals surface area contributed by atoms with Gasteiger partial charge in [0, 0.05) is 6.54 Å². The molecule has 3 aromatic carbocycles. The second-order valence-electron chi connectivity index (χ2n) is 7.91. The molecule has 0 saturated heterocycles. The number of methoxy groups -OCH3 is 3. The molecule has 6 nitrogen and oxygen atoms in total. The SMILES string of the molecule is COc1ccc(OCC2c3cc(OC)c(OC)cc3CCN2C(=O)Cc2ccccc2)cc1. The van der Waals surface area contributed by atoms with Crippen molar-refractivity contribution in [1.29, 1.82) is 0 Å². The molecule has 0 aromatic heterocycles. The maximum atomic E-state index is 13.4. The Labute approximate surface area is 194 Å². The number of ether oxygens (including phenoxy) is 4. The minimum Gasteiger partial charge on any atom is -0.497 e. The van der Waals surface area contributed by atoms with Gasteiger partial charge in [0.15, 0.2) is 11.5 Å². The third kappa shape index (κ3) is 5.06. The van der Waals surface area contributed by atoms with E-state index in [2.05, 4.69) is 0 Å². The second kappa shape index (κ2) is 10.3. The van der Waals surface area contributed by atoms with Crippen LogP contribution in [0.4, 0.5) is 0 Å². The maximum Gasteiger partial charge on any atom is 0.227 e. The average molecular weight is 448 g/mol. The summed E-state index contributed by atoms with van der Waals surface area (Å²) in [6.45, 7) is 0.945. The van der Waals surface area contributed by atoms with Crippen molar-refractivity contribution in [3.8, 4) is 23.0 Å². The smallest absolute Gasteiger partial charge is 0.227 e. The van der Waals surface area contributed by atoms with Gasteiger partial charge in [0.1, 0.15) is 18.1 Å². The molecule has 6 heteroatoms. The normalized spacial score (nSPS) is 14.9. The van der Waals surface area contributed by atoms with Crippen molar-refractivity contribution in [1.82, 2.24) is 4.90 Å². The molecule has 1 unspecified atom stereocenters. The lowest BCUT2D eigenvalue weighted by Crippen LogP contribution is -2.43. The van der Waals surface area contributed by atoms with Crippen LogP contribution in [0.5, 0.6) is 23.0 Å². The summed E-state index contributed by atoms with van der Waals surface area (Å²) in [4.78, 5) is 15.3. The number of carbonyl (C=O) groups is 1.